The second-order valence-corrected chi connectivity index (χ2v) is 7.70. The van der Waals surface area contributed by atoms with Crippen LogP contribution in [0.2, 0.25) is 0 Å². The summed E-state index contributed by atoms with van der Waals surface area (Å²) in [5.41, 5.74) is 0.738. The van der Waals surface area contributed by atoms with E-state index in [2.05, 4.69) is 46.6 Å². The van der Waals surface area contributed by atoms with Gasteiger partial charge in [0.2, 0.25) is 0 Å². The number of nitrogens with zero attached hydrogens (tertiary/aromatic N) is 2. The quantitative estimate of drug-likeness (QED) is 0.500. The first-order chi connectivity index (χ1) is 12.2. The van der Waals surface area contributed by atoms with Crippen LogP contribution in [-0.4, -0.2) is 35.5 Å². The Morgan fingerprint density at radius 1 is 1.46 bits per heavy atom. The van der Waals surface area contributed by atoms with Crippen molar-refractivity contribution in [3.05, 3.63) is 34.0 Å². The molecule has 138 valence electrons. The van der Waals surface area contributed by atoms with Gasteiger partial charge in [-0.3, -0.25) is 10.2 Å². The van der Waals surface area contributed by atoms with Crippen molar-refractivity contribution in [2.75, 3.05) is 12.4 Å². The molecule has 0 saturated heterocycles. The van der Waals surface area contributed by atoms with E-state index in [1.165, 1.54) is 12.1 Å². The first-order valence-corrected chi connectivity index (χ1v) is 8.48. The van der Waals surface area contributed by atoms with Crippen LogP contribution in [0.1, 0.15) is 38.8 Å². The fraction of sp³-hybridized carbons (Fsp3) is 0.444. The Bertz CT molecular complexity index is 943. The molecule has 1 aliphatic rings. The van der Waals surface area contributed by atoms with Crippen molar-refractivity contribution < 1.29 is 4.39 Å². The lowest BCUT2D eigenvalue weighted by Crippen LogP contribution is -2.43. The molecule has 8 heteroatoms. The van der Waals surface area contributed by atoms with Crippen LogP contribution in [0, 0.1) is 16.6 Å². The minimum Gasteiger partial charge on any atom is -0.381 e. The number of anilines is 1. The van der Waals surface area contributed by atoms with E-state index in [4.69, 9.17) is 5.41 Å². The Hall–Kier alpha value is -2.77. The SMILES string of the molecule is CN/C(=N\C=N)[C@@H]1c2n[nH]c(=O)c3cc(F)cc(c23)N[C@H]1CC(C)(C)C. The summed E-state index contributed by atoms with van der Waals surface area (Å²) in [5.74, 6) is -0.215. The van der Waals surface area contributed by atoms with E-state index in [1.54, 1.807) is 7.05 Å². The van der Waals surface area contributed by atoms with E-state index >= 15 is 0 Å². The van der Waals surface area contributed by atoms with Crippen LogP contribution in [0.5, 0.6) is 0 Å². The summed E-state index contributed by atoms with van der Waals surface area (Å²) in [6, 6.07) is 2.49. The smallest absolute Gasteiger partial charge is 0.272 e. The van der Waals surface area contributed by atoms with Gasteiger partial charge in [0.05, 0.1) is 17.0 Å². The van der Waals surface area contributed by atoms with Gasteiger partial charge in [-0.2, -0.15) is 5.10 Å². The normalized spacial score (nSPS) is 20.0. The summed E-state index contributed by atoms with van der Waals surface area (Å²) in [6.07, 6.45) is 1.73. The minimum atomic E-state index is -0.474. The lowest BCUT2D eigenvalue weighted by atomic mass is 9.78. The monoisotopic (exact) mass is 358 g/mol. The van der Waals surface area contributed by atoms with Gasteiger partial charge in [0.1, 0.15) is 18.0 Å². The third-order valence-electron chi connectivity index (χ3n) is 4.51. The number of aliphatic imine (C=N–C) groups is 1. The molecule has 7 nitrogen and oxygen atoms in total. The Morgan fingerprint density at radius 2 is 2.19 bits per heavy atom. The van der Waals surface area contributed by atoms with Crippen LogP contribution < -0.4 is 16.2 Å². The molecule has 0 aliphatic carbocycles. The molecule has 0 saturated carbocycles. The summed E-state index contributed by atoms with van der Waals surface area (Å²) in [5, 5.41) is 21.4. The zero-order valence-corrected chi connectivity index (χ0v) is 15.3. The van der Waals surface area contributed by atoms with Crippen molar-refractivity contribution in [2.24, 2.45) is 10.4 Å². The van der Waals surface area contributed by atoms with Gasteiger partial charge in [0.25, 0.3) is 5.56 Å². The van der Waals surface area contributed by atoms with Gasteiger partial charge in [-0.1, -0.05) is 20.8 Å². The molecule has 2 heterocycles. The largest absolute Gasteiger partial charge is 0.381 e. The minimum absolute atomic E-state index is 0.00835. The average molecular weight is 358 g/mol. The molecule has 2 atom stereocenters. The topological polar surface area (TPSA) is 106 Å². The Labute approximate surface area is 150 Å². The summed E-state index contributed by atoms with van der Waals surface area (Å²) < 4.78 is 14.0. The van der Waals surface area contributed by atoms with Crippen molar-refractivity contribution >= 4 is 28.6 Å². The number of amidine groups is 1. The lowest BCUT2D eigenvalue weighted by Gasteiger charge is -2.37. The van der Waals surface area contributed by atoms with Gasteiger partial charge in [0.15, 0.2) is 0 Å². The van der Waals surface area contributed by atoms with Crippen molar-refractivity contribution in [3.63, 3.8) is 0 Å². The Balaban J connectivity index is 2.29. The van der Waals surface area contributed by atoms with Crippen molar-refractivity contribution in [1.29, 1.82) is 5.41 Å². The van der Waals surface area contributed by atoms with E-state index in [-0.39, 0.29) is 22.8 Å². The zero-order chi connectivity index (χ0) is 19.1. The van der Waals surface area contributed by atoms with E-state index in [9.17, 15) is 9.18 Å². The van der Waals surface area contributed by atoms with Crippen molar-refractivity contribution in [2.45, 2.75) is 39.2 Å². The standard InChI is InChI=1S/C18H23FN6O/c1-18(2,3)7-12-14(16(21-4)22-8-20)15-13-10(17(26)25-24-15)5-9(19)6-11(13)23-12/h5-6,8,12,14,23H,7H2,1-4H3,(H,25,26)(H2,20,21,22)/t12-,14-/m0/s1. The number of H-pyrrole nitrogens is 1. The Morgan fingerprint density at radius 3 is 2.81 bits per heavy atom. The van der Waals surface area contributed by atoms with Crippen LogP contribution >= 0.6 is 0 Å². The molecule has 0 fully saturated rings. The van der Waals surface area contributed by atoms with Crippen LogP contribution in [-0.2, 0) is 0 Å². The van der Waals surface area contributed by atoms with Gasteiger partial charge in [0, 0.05) is 24.2 Å². The highest BCUT2D eigenvalue weighted by molar-refractivity contribution is 6.03. The van der Waals surface area contributed by atoms with Crippen LogP contribution in [0.4, 0.5) is 10.1 Å². The third kappa shape index (κ3) is 3.18. The van der Waals surface area contributed by atoms with Crippen molar-refractivity contribution in [3.8, 4) is 0 Å². The van der Waals surface area contributed by atoms with Crippen LogP contribution in [0.15, 0.2) is 21.9 Å². The van der Waals surface area contributed by atoms with Gasteiger partial charge >= 0.3 is 0 Å². The second kappa shape index (κ2) is 6.51. The molecule has 0 radical (unpaired) electrons. The van der Waals surface area contributed by atoms with Crippen molar-refractivity contribution in [1.82, 2.24) is 15.5 Å². The number of aromatic nitrogens is 2. The molecular weight excluding hydrogens is 335 g/mol. The van der Waals surface area contributed by atoms with E-state index < -0.39 is 11.4 Å². The molecular formula is C18H23FN6O. The van der Waals surface area contributed by atoms with E-state index in [0.717, 1.165) is 12.8 Å². The maximum absolute atomic E-state index is 14.0. The molecule has 1 aromatic heterocycles. The second-order valence-electron chi connectivity index (χ2n) is 7.70. The molecule has 0 spiro atoms. The highest BCUT2D eigenvalue weighted by Gasteiger charge is 2.38. The molecule has 0 unspecified atom stereocenters. The lowest BCUT2D eigenvalue weighted by molar-refractivity contribution is 0.339. The third-order valence-corrected chi connectivity index (χ3v) is 4.51. The number of rotatable bonds is 3. The fourth-order valence-electron chi connectivity index (χ4n) is 3.62. The summed E-state index contributed by atoms with van der Waals surface area (Å²) in [6.45, 7) is 6.36. The number of benzene rings is 1. The fourth-order valence-corrected chi connectivity index (χ4v) is 3.62. The molecule has 0 bridgehead atoms. The van der Waals surface area contributed by atoms with Gasteiger partial charge < -0.3 is 10.6 Å². The van der Waals surface area contributed by atoms with E-state index in [0.29, 0.717) is 22.6 Å². The molecule has 1 aromatic carbocycles. The maximum Gasteiger partial charge on any atom is 0.272 e. The van der Waals surface area contributed by atoms with E-state index in [1.807, 2.05) is 0 Å². The van der Waals surface area contributed by atoms with Gasteiger partial charge in [-0.25, -0.2) is 14.5 Å². The summed E-state index contributed by atoms with van der Waals surface area (Å²) in [7, 11) is 1.74. The predicted octanol–water partition coefficient (Wildman–Crippen LogP) is 2.60. The highest BCUT2D eigenvalue weighted by atomic mass is 19.1. The maximum atomic E-state index is 14.0. The predicted molar refractivity (Wildman–Crippen MR) is 102 cm³/mol. The number of nitrogens with one attached hydrogen (secondary N) is 4. The molecule has 1 aliphatic heterocycles. The molecule has 4 N–H and O–H groups in total. The zero-order valence-electron chi connectivity index (χ0n) is 15.3. The Kier molecular flexibility index (Phi) is 4.52. The molecule has 26 heavy (non-hydrogen) atoms. The number of halogens is 1. The highest BCUT2D eigenvalue weighted by Crippen LogP contribution is 2.40. The van der Waals surface area contributed by atoms with Crippen LogP contribution in [0.3, 0.4) is 0 Å². The summed E-state index contributed by atoms with van der Waals surface area (Å²) >= 11 is 0. The van der Waals surface area contributed by atoms with Gasteiger partial charge in [-0.15, -0.1) is 0 Å². The first-order valence-electron chi connectivity index (χ1n) is 8.48. The number of hydrogen-bond donors (Lipinski definition) is 4. The average Bonchev–Trinajstić information content (AvgIpc) is 2.54. The molecule has 3 rings (SSSR count). The number of aromatic amines is 1. The van der Waals surface area contributed by atoms with Gasteiger partial charge in [-0.05, 0) is 24.0 Å². The molecule has 0 amide bonds. The van der Waals surface area contributed by atoms with Crippen LogP contribution in [0.25, 0.3) is 10.8 Å². The number of hydrogen-bond acceptors (Lipinski definition) is 4. The number of likely N-dealkylation sites (N-methyl/N-ethyl adjacent to an activating group) is 1. The molecule has 2 aromatic rings. The summed E-state index contributed by atoms with van der Waals surface area (Å²) in [4.78, 5) is 16.3. The first kappa shape index (κ1) is 18.0.